The number of halogens is 3. The van der Waals surface area contributed by atoms with Gasteiger partial charge in [0.1, 0.15) is 0 Å². The molecule has 5 nitrogen and oxygen atoms in total. The monoisotopic (exact) mass is 252 g/mol. The van der Waals surface area contributed by atoms with Crippen molar-refractivity contribution >= 4 is 11.9 Å². The van der Waals surface area contributed by atoms with Crippen molar-refractivity contribution in [2.45, 2.75) is 12.2 Å². The van der Waals surface area contributed by atoms with E-state index in [4.69, 9.17) is 16.3 Å². The summed E-state index contributed by atoms with van der Waals surface area (Å²) in [6.45, 7) is 1.50. The summed E-state index contributed by atoms with van der Waals surface area (Å²) < 4.78 is 31.7. The Morgan fingerprint density at radius 3 is 2.12 bits per heavy atom. The topological polar surface area (TPSA) is 69.6 Å². The summed E-state index contributed by atoms with van der Waals surface area (Å²) in [5.74, 6) is -0.888. The van der Waals surface area contributed by atoms with Crippen molar-refractivity contribution < 1.29 is 27.9 Å². The summed E-state index contributed by atoms with van der Waals surface area (Å²) in [6, 6.07) is 0.442. The van der Waals surface area contributed by atoms with E-state index in [1.165, 1.54) is 0 Å². The van der Waals surface area contributed by atoms with Crippen LogP contribution in [0.5, 0.6) is 0 Å². The van der Waals surface area contributed by atoms with Gasteiger partial charge in [-0.1, -0.05) is 0 Å². The van der Waals surface area contributed by atoms with E-state index in [2.05, 4.69) is 11.2 Å². The first kappa shape index (κ1) is 15.2. The van der Waals surface area contributed by atoms with Gasteiger partial charge in [0.2, 0.25) is 0 Å². The van der Waals surface area contributed by atoms with Crippen molar-refractivity contribution in [3.63, 3.8) is 0 Å². The van der Waals surface area contributed by atoms with E-state index in [1.54, 1.807) is 4.90 Å². The first-order chi connectivity index (χ1) is 7.72. The zero-order chi connectivity index (χ0) is 13.6. The number of carbonyl (C=O) groups excluding carboxylic acids is 1. The van der Waals surface area contributed by atoms with E-state index in [0.29, 0.717) is 6.04 Å². The number of carbonyl (C=O) groups is 2. The van der Waals surface area contributed by atoms with E-state index in [-0.39, 0.29) is 5.91 Å². The van der Waals surface area contributed by atoms with Gasteiger partial charge in [-0.15, -0.1) is 6.42 Å². The molecule has 1 aliphatic rings. The number of carboxylic acids is 1. The van der Waals surface area contributed by atoms with Gasteiger partial charge in [-0.3, -0.25) is 4.79 Å². The van der Waals surface area contributed by atoms with Gasteiger partial charge in [-0.05, 0) is 13.0 Å². The standard InChI is InChI=1S/C7H10N2O.C2HF3O2/c1-3-7(10)9-4-6(5-9)8-2;3-2(4,5)1(6)7/h1,6,8H,4-5H2,2H3;(H,6,7). The maximum absolute atomic E-state index is 10.7. The zero-order valence-corrected chi connectivity index (χ0v) is 8.91. The molecule has 8 heteroatoms. The second-order valence-electron chi connectivity index (χ2n) is 3.14. The van der Waals surface area contributed by atoms with Gasteiger partial charge in [0.25, 0.3) is 5.91 Å². The molecule has 0 spiro atoms. The van der Waals surface area contributed by atoms with E-state index < -0.39 is 12.1 Å². The molecule has 0 unspecified atom stereocenters. The van der Waals surface area contributed by atoms with Crippen LogP contribution >= 0.6 is 0 Å². The van der Waals surface area contributed by atoms with Crippen LogP contribution in [0.15, 0.2) is 0 Å². The predicted octanol–water partition coefficient (Wildman–Crippen LogP) is -0.317. The van der Waals surface area contributed by atoms with Crippen molar-refractivity contribution in [2.75, 3.05) is 20.1 Å². The van der Waals surface area contributed by atoms with Gasteiger partial charge in [-0.2, -0.15) is 13.2 Å². The summed E-state index contributed by atoms with van der Waals surface area (Å²) in [7, 11) is 1.88. The van der Waals surface area contributed by atoms with Crippen LogP contribution in [-0.2, 0) is 9.59 Å². The number of nitrogens with zero attached hydrogens (tertiary/aromatic N) is 1. The Kier molecular flexibility index (Phi) is 5.47. The molecular weight excluding hydrogens is 241 g/mol. The van der Waals surface area contributed by atoms with Gasteiger partial charge in [0, 0.05) is 19.1 Å². The molecule has 0 bridgehead atoms. The van der Waals surface area contributed by atoms with E-state index >= 15 is 0 Å². The molecular formula is C9H11F3N2O3. The molecule has 1 saturated heterocycles. The van der Waals surface area contributed by atoms with Crippen LogP contribution in [0.3, 0.4) is 0 Å². The van der Waals surface area contributed by atoms with Crippen LogP contribution in [0, 0.1) is 12.3 Å². The Balaban J connectivity index is 0.000000325. The molecule has 0 aromatic carbocycles. The molecule has 0 radical (unpaired) electrons. The highest BCUT2D eigenvalue weighted by Crippen LogP contribution is 2.13. The largest absolute Gasteiger partial charge is 0.490 e. The summed E-state index contributed by atoms with van der Waals surface area (Å²) in [5.41, 5.74) is 0. The number of aliphatic carboxylic acids is 1. The normalized spacial score (nSPS) is 15.1. The Morgan fingerprint density at radius 2 is 1.88 bits per heavy atom. The molecule has 0 atom stereocenters. The minimum absolute atomic E-state index is 0.202. The van der Waals surface area contributed by atoms with Crippen LogP contribution in [-0.4, -0.2) is 54.2 Å². The van der Waals surface area contributed by atoms with Gasteiger partial charge in [0.05, 0.1) is 0 Å². The molecule has 2 N–H and O–H groups in total. The average Bonchev–Trinajstić information content (AvgIpc) is 2.15. The van der Waals surface area contributed by atoms with Gasteiger partial charge >= 0.3 is 12.1 Å². The fourth-order valence-corrected chi connectivity index (χ4v) is 0.918. The third kappa shape index (κ3) is 5.21. The number of alkyl halides is 3. The zero-order valence-electron chi connectivity index (χ0n) is 8.91. The van der Waals surface area contributed by atoms with Crippen LogP contribution in [0.1, 0.15) is 0 Å². The van der Waals surface area contributed by atoms with Crippen molar-refractivity contribution in [2.24, 2.45) is 0 Å². The number of amides is 1. The molecule has 0 aromatic rings. The van der Waals surface area contributed by atoms with Crippen LogP contribution in [0.25, 0.3) is 0 Å². The lowest BCUT2D eigenvalue weighted by Gasteiger charge is -2.37. The van der Waals surface area contributed by atoms with Crippen LogP contribution < -0.4 is 5.32 Å². The summed E-state index contributed by atoms with van der Waals surface area (Å²) in [4.78, 5) is 21.3. The minimum atomic E-state index is -5.08. The van der Waals surface area contributed by atoms with Crippen LogP contribution in [0.4, 0.5) is 13.2 Å². The van der Waals surface area contributed by atoms with Gasteiger partial charge < -0.3 is 15.3 Å². The lowest BCUT2D eigenvalue weighted by atomic mass is 10.1. The molecule has 0 aliphatic carbocycles. The molecule has 1 aliphatic heterocycles. The number of likely N-dealkylation sites (tertiary alicyclic amines) is 1. The lowest BCUT2D eigenvalue weighted by Crippen LogP contribution is -2.58. The second kappa shape index (κ2) is 6.10. The number of carboxylic acid groups (broad SMARTS) is 1. The number of terminal acetylenes is 1. The number of rotatable bonds is 1. The third-order valence-corrected chi connectivity index (χ3v) is 1.94. The maximum atomic E-state index is 10.7. The number of hydrogen-bond donors (Lipinski definition) is 2. The van der Waals surface area contributed by atoms with E-state index in [9.17, 15) is 18.0 Å². The highest BCUT2D eigenvalue weighted by Gasteiger charge is 2.38. The molecule has 0 saturated carbocycles. The molecule has 0 aromatic heterocycles. The average molecular weight is 252 g/mol. The lowest BCUT2D eigenvalue weighted by molar-refractivity contribution is -0.192. The fraction of sp³-hybridized carbons (Fsp3) is 0.556. The maximum Gasteiger partial charge on any atom is 0.490 e. The summed E-state index contributed by atoms with van der Waals surface area (Å²) in [6.07, 6.45) is -0.176. The molecule has 17 heavy (non-hydrogen) atoms. The highest BCUT2D eigenvalue weighted by atomic mass is 19.4. The van der Waals surface area contributed by atoms with Gasteiger partial charge in [-0.25, -0.2) is 4.79 Å². The molecule has 96 valence electrons. The number of nitrogens with one attached hydrogen (secondary N) is 1. The smallest absolute Gasteiger partial charge is 0.475 e. The molecule has 1 fully saturated rings. The first-order valence-corrected chi connectivity index (χ1v) is 4.45. The third-order valence-electron chi connectivity index (χ3n) is 1.94. The van der Waals surface area contributed by atoms with Crippen LogP contribution in [0.2, 0.25) is 0 Å². The molecule has 1 rings (SSSR count). The van der Waals surface area contributed by atoms with E-state index in [0.717, 1.165) is 13.1 Å². The summed E-state index contributed by atoms with van der Waals surface area (Å²) in [5, 5.41) is 10.2. The molecule has 1 heterocycles. The quantitative estimate of drug-likeness (QED) is 0.628. The SMILES string of the molecule is C#CC(=O)N1CC(NC)C1.O=C(O)C(F)(F)F. The van der Waals surface area contributed by atoms with Crippen molar-refractivity contribution in [3.05, 3.63) is 0 Å². The highest BCUT2D eigenvalue weighted by molar-refractivity contribution is 5.93. The number of hydrogen-bond acceptors (Lipinski definition) is 3. The molecule has 1 amide bonds. The fourth-order valence-electron chi connectivity index (χ4n) is 0.918. The van der Waals surface area contributed by atoms with Crippen molar-refractivity contribution in [1.82, 2.24) is 10.2 Å². The van der Waals surface area contributed by atoms with E-state index in [1.807, 2.05) is 7.05 Å². The second-order valence-corrected chi connectivity index (χ2v) is 3.14. The predicted molar refractivity (Wildman–Crippen MR) is 52.0 cm³/mol. The Morgan fingerprint density at radius 1 is 1.47 bits per heavy atom. The summed E-state index contributed by atoms with van der Waals surface area (Å²) >= 11 is 0. The Bertz CT molecular complexity index is 329. The van der Waals surface area contributed by atoms with Crippen molar-refractivity contribution in [3.8, 4) is 12.3 Å². The van der Waals surface area contributed by atoms with Crippen molar-refractivity contribution in [1.29, 1.82) is 0 Å². The number of likely N-dealkylation sites (N-methyl/N-ethyl adjacent to an activating group) is 1. The minimum Gasteiger partial charge on any atom is -0.475 e. The Hall–Kier alpha value is -1.75. The Labute approximate surface area is 95.6 Å². The first-order valence-electron chi connectivity index (χ1n) is 4.45. The van der Waals surface area contributed by atoms with Gasteiger partial charge in [0.15, 0.2) is 0 Å².